The first kappa shape index (κ1) is 78.0. The average Bonchev–Trinajstić information content (AvgIpc) is 0.669. The molecule has 3 aliphatic carbocycles. The molecule has 13 atom stereocenters. The second kappa shape index (κ2) is 32.9. The normalized spacial score (nSPS) is 24.3. The summed E-state index contributed by atoms with van der Waals surface area (Å²) in [4.78, 5) is 156. The first-order chi connectivity index (χ1) is 48.1. The zero-order chi connectivity index (χ0) is 74.8. The zero-order valence-corrected chi connectivity index (χ0v) is 59.5. The number of anilines is 1. The van der Waals surface area contributed by atoms with E-state index in [4.69, 9.17) is 38.9 Å². The number of benzene rings is 4. The third-order valence-electron chi connectivity index (χ3n) is 19.7. The minimum Gasteiger partial charge on any atom is -0.455 e. The van der Waals surface area contributed by atoms with Crippen molar-refractivity contribution in [1.29, 1.82) is 0 Å². The molecule has 3 fully saturated rings. The Bertz CT molecular complexity index is 3760. The number of fused-ring (bicyclic) bond motifs is 5. The summed E-state index contributed by atoms with van der Waals surface area (Å²) >= 11 is 0. The lowest BCUT2D eigenvalue weighted by molar-refractivity contribution is -0.346. The topological polar surface area (TPSA) is 385 Å². The molecule has 7 amide bonds. The number of ketones is 1. The van der Waals surface area contributed by atoms with Crippen LogP contribution in [0.5, 0.6) is 0 Å². The maximum absolute atomic E-state index is 16.0. The Morgan fingerprint density at radius 3 is 1.90 bits per heavy atom. The van der Waals surface area contributed by atoms with Crippen LogP contribution < -0.4 is 32.3 Å². The van der Waals surface area contributed by atoms with Crippen LogP contribution in [0, 0.1) is 22.7 Å². The number of primary amides is 1. The number of rotatable bonds is 27. The summed E-state index contributed by atoms with van der Waals surface area (Å²) in [5.74, 6) is -8.43. The Balaban J connectivity index is 1.06. The molecule has 0 unspecified atom stereocenters. The molecule has 0 aromatic heterocycles. The van der Waals surface area contributed by atoms with Gasteiger partial charge in [0.1, 0.15) is 42.6 Å². The quantitative estimate of drug-likeness (QED) is 0.0147. The lowest BCUT2D eigenvalue weighted by Crippen LogP contribution is -2.82. The minimum absolute atomic E-state index is 0.00369. The van der Waals surface area contributed by atoms with Crippen LogP contribution in [0.2, 0.25) is 0 Å². The third-order valence-corrected chi connectivity index (χ3v) is 19.7. The number of likely N-dealkylation sites (N-methyl/N-ethyl adjacent to an activating group) is 2. The van der Waals surface area contributed by atoms with Crippen LogP contribution in [0.1, 0.15) is 133 Å². The number of nitrogens with two attached hydrogens (primary N) is 1. The van der Waals surface area contributed by atoms with Crippen LogP contribution in [0.4, 0.5) is 20.1 Å². The highest BCUT2D eigenvalue weighted by atomic mass is 16.6. The number of carbonyl (C=O) groups excluding carboxylic acids is 11. The molecule has 1 heterocycles. The molecule has 1 saturated heterocycles. The van der Waals surface area contributed by atoms with Gasteiger partial charge in [-0.15, -0.1) is 0 Å². The van der Waals surface area contributed by atoms with Gasteiger partial charge in [-0.2, -0.15) is 0 Å². The monoisotopic (exact) mass is 1410 g/mol. The number of amides is 7. The van der Waals surface area contributed by atoms with Gasteiger partial charge in [-0.1, -0.05) is 120 Å². The Morgan fingerprint density at radius 1 is 0.745 bits per heavy atom. The van der Waals surface area contributed by atoms with E-state index < -0.39 is 155 Å². The maximum Gasteiger partial charge on any atom is 0.410 e. The molecule has 2 bridgehead atoms. The predicted molar refractivity (Wildman–Crippen MR) is 368 cm³/mol. The molecule has 0 spiro atoms. The SMILES string of the molecule is CC(=O)O[C@H]1C(=O)[C@@]2(C)[C@H]([C@H](OC(=O)c3ccccc3)[C@]3(O)C[C@H](OC(=O)[C@H](OC(=O)N(C)CCN(C)C(=O)OCc4ccc(NC(=O)[C@H](CCCNC(N)=O)NC(=O)[C@@H](NC(C)C)C(C)C)cc4)[C@@H](NC(=O)c4ccccc4)c4ccccc4)C(C)=C1C3(C)C)[C@]1(OC(C)=O)CO[C@@H]1C[C@@H]2O. The van der Waals surface area contributed by atoms with Gasteiger partial charge in [0.2, 0.25) is 17.9 Å². The summed E-state index contributed by atoms with van der Waals surface area (Å²) in [6, 6.07) is 26.2. The summed E-state index contributed by atoms with van der Waals surface area (Å²) in [5, 5.41) is 40.7. The van der Waals surface area contributed by atoms with Crippen molar-refractivity contribution in [2.24, 2.45) is 28.4 Å². The first-order valence-electron chi connectivity index (χ1n) is 34.0. The third kappa shape index (κ3) is 17.2. The van der Waals surface area contributed by atoms with E-state index in [0.717, 1.165) is 18.7 Å². The largest absolute Gasteiger partial charge is 0.455 e. The number of Topliss-reactive ketones (excluding diaryl/α,β-unsaturated/α-hetero) is 1. The molecule has 102 heavy (non-hydrogen) atoms. The molecule has 8 rings (SSSR count). The van der Waals surface area contributed by atoms with Crippen LogP contribution in [0.15, 0.2) is 126 Å². The van der Waals surface area contributed by atoms with E-state index in [1.54, 1.807) is 91.0 Å². The highest BCUT2D eigenvalue weighted by Gasteiger charge is 2.78. The average molecular weight is 1420 g/mol. The fourth-order valence-electron chi connectivity index (χ4n) is 14.1. The van der Waals surface area contributed by atoms with Gasteiger partial charge < -0.3 is 85.5 Å². The van der Waals surface area contributed by atoms with Gasteiger partial charge in [0.05, 0.1) is 35.6 Å². The molecule has 550 valence electrons. The van der Waals surface area contributed by atoms with Crippen molar-refractivity contribution in [2.75, 3.05) is 45.7 Å². The molecule has 4 aliphatic rings. The number of urea groups is 1. The number of aliphatic hydroxyl groups is 2. The summed E-state index contributed by atoms with van der Waals surface area (Å²) in [6.07, 6.45) is -12.9. The van der Waals surface area contributed by atoms with Gasteiger partial charge >= 0.3 is 42.1 Å². The van der Waals surface area contributed by atoms with Crippen LogP contribution in [-0.4, -0.2) is 192 Å². The molecule has 2 saturated carbocycles. The summed E-state index contributed by atoms with van der Waals surface area (Å²) in [7, 11) is 2.74. The number of nitrogens with one attached hydrogen (secondary N) is 5. The van der Waals surface area contributed by atoms with Gasteiger partial charge in [0.25, 0.3) is 5.91 Å². The van der Waals surface area contributed by atoms with Crippen molar-refractivity contribution >= 4 is 71.3 Å². The van der Waals surface area contributed by atoms with E-state index in [0.29, 0.717) is 17.7 Å². The number of hydrogen-bond donors (Lipinski definition) is 8. The Morgan fingerprint density at radius 2 is 1.34 bits per heavy atom. The second-order valence-corrected chi connectivity index (χ2v) is 27.8. The molecule has 28 heteroatoms. The van der Waals surface area contributed by atoms with Crippen molar-refractivity contribution in [2.45, 2.75) is 174 Å². The van der Waals surface area contributed by atoms with E-state index in [-0.39, 0.29) is 84.8 Å². The molecule has 1 aliphatic heterocycles. The fourth-order valence-corrected chi connectivity index (χ4v) is 14.1. The van der Waals surface area contributed by atoms with Gasteiger partial charge in [-0.25, -0.2) is 24.0 Å². The van der Waals surface area contributed by atoms with E-state index in [9.17, 15) is 53.4 Å². The Kier molecular flexibility index (Phi) is 25.2. The summed E-state index contributed by atoms with van der Waals surface area (Å²) < 4.78 is 42.9. The summed E-state index contributed by atoms with van der Waals surface area (Å²) in [5.41, 5.74) is -1.93. The van der Waals surface area contributed by atoms with Crippen LogP contribution >= 0.6 is 0 Å². The van der Waals surface area contributed by atoms with Crippen molar-refractivity contribution in [3.05, 3.63) is 149 Å². The number of esters is 4. The molecule has 0 radical (unpaired) electrons. The number of aliphatic hydroxyl groups excluding tert-OH is 1. The molecule has 4 aromatic rings. The van der Waals surface area contributed by atoms with Crippen LogP contribution in [0.3, 0.4) is 0 Å². The van der Waals surface area contributed by atoms with Crippen LogP contribution in [-0.2, 0) is 68.5 Å². The number of nitrogens with zero attached hydrogens (tertiary/aromatic N) is 2. The van der Waals surface area contributed by atoms with E-state index >= 15 is 9.59 Å². The lowest BCUT2D eigenvalue weighted by Gasteiger charge is -2.67. The fraction of sp³-hybridized carbons (Fsp3) is 0.500. The molecule has 4 aromatic carbocycles. The standard InChI is InChI=1S/C74H94N8O20/c1-41(2)56(77-42(3)4)65(89)79-51(29-22-34-76-68(75)92)64(88)78-50-32-30-46(31-33-50)39-96-69(93)81(11)35-36-82(12)70(94)100-59(57(47-23-16-13-17-24-47)80-63(87)48-25-18-14-19-26-48)67(91)99-52-38-74(95)62(101-66(90)49-27-20-15-21-28-49)60-72(10,53(85)37-54-73(60,40-97-54)102-45(7)84)61(86)58(98-44(6)83)55(43(52)5)71(74,8)9/h13-21,23-28,30-33,41-42,51-54,56-60,62,77,85,95H,22,29,34-40H2,1-12H3,(H,78,88)(H,79,89)(H,80,87)(H3,75,76,92)/t51-,52-,53-,54+,56-,57-,58+,59+,60-,62-,72+,73-,74+/m0/s1. The number of ether oxygens (including phenoxy) is 7. The van der Waals surface area contributed by atoms with E-state index in [2.05, 4.69) is 26.6 Å². The maximum atomic E-state index is 16.0. The number of carbonyl (C=O) groups is 11. The smallest absolute Gasteiger partial charge is 0.410 e. The zero-order valence-electron chi connectivity index (χ0n) is 59.5. The van der Waals surface area contributed by atoms with Gasteiger partial charge in [0.15, 0.2) is 17.5 Å². The number of hydrogen-bond acceptors (Lipinski definition) is 21. The van der Waals surface area contributed by atoms with Crippen molar-refractivity contribution in [3.63, 3.8) is 0 Å². The van der Waals surface area contributed by atoms with Gasteiger partial charge in [-0.3, -0.25) is 28.8 Å². The first-order valence-corrected chi connectivity index (χ1v) is 34.0. The van der Waals surface area contributed by atoms with Gasteiger partial charge in [0, 0.05) is 83.1 Å². The Hall–Kier alpha value is -9.77. The molecular weight excluding hydrogens is 1320 g/mol. The molecule has 9 N–H and O–H groups in total. The Labute approximate surface area is 592 Å². The second-order valence-electron chi connectivity index (χ2n) is 27.8. The van der Waals surface area contributed by atoms with Crippen molar-refractivity contribution in [3.8, 4) is 0 Å². The van der Waals surface area contributed by atoms with E-state index in [1.807, 2.05) is 27.7 Å². The summed E-state index contributed by atoms with van der Waals surface area (Å²) in [6.45, 7) is 14.8. The highest BCUT2D eigenvalue weighted by Crippen LogP contribution is 2.64. The van der Waals surface area contributed by atoms with E-state index in [1.165, 1.54) is 71.0 Å². The predicted octanol–water partition coefficient (Wildman–Crippen LogP) is 5.97. The molecule has 28 nitrogen and oxygen atoms in total. The van der Waals surface area contributed by atoms with Gasteiger partial charge in [-0.05, 0) is 91.3 Å². The molecular formula is C74H94N8O20. The highest BCUT2D eigenvalue weighted by molar-refractivity contribution is 5.99. The van der Waals surface area contributed by atoms with Crippen molar-refractivity contribution < 1.29 is 96.1 Å². The minimum atomic E-state index is -2.55. The van der Waals surface area contributed by atoms with Crippen molar-refractivity contribution in [1.82, 2.24) is 31.1 Å². The lowest BCUT2D eigenvalue weighted by atomic mass is 9.44. The van der Waals surface area contributed by atoms with Crippen LogP contribution in [0.25, 0.3) is 0 Å².